The first-order chi connectivity index (χ1) is 19.2. The predicted molar refractivity (Wildman–Crippen MR) is 161 cm³/mol. The third-order valence-electron chi connectivity index (χ3n) is 7.96. The van der Waals surface area contributed by atoms with Gasteiger partial charge < -0.3 is 13.9 Å². The Hall–Kier alpha value is -2.32. The smallest absolute Gasteiger partial charge is 0.265 e. The number of benzene rings is 1. The second kappa shape index (κ2) is 12.9. The summed E-state index contributed by atoms with van der Waals surface area (Å²) in [5.74, 6) is 0.420. The summed E-state index contributed by atoms with van der Waals surface area (Å²) in [6, 6.07) is 6.19. The van der Waals surface area contributed by atoms with Crippen LogP contribution in [0.15, 0.2) is 24.4 Å². The highest BCUT2D eigenvalue weighted by Gasteiger charge is 2.39. The van der Waals surface area contributed by atoms with E-state index in [0.29, 0.717) is 38.3 Å². The Morgan fingerprint density at radius 1 is 1.20 bits per heavy atom. The number of aryl methyl sites for hydroxylation is 1. The Balaban J connectivity index is 1.47. The second-order valence-corrected chi connectivity index (χ2v) is 18.8. The van der Waals surface area contributed by atoms with Crippen LogP contribution in [0.5, 0.6) is 5.75 Å². The molecule has 1 aliphatic rings. The van der Waals surface area contributed by atoms with E-state index >= 15 is 0 Å². The van der Waals surface area contributed by atoms with Gasteiger partial charge >= 0.3 is 0 Å². The van der Waals surface area contributed by atoms with Crippen LogP contribution in [-0.4, -0.2) is 71.6 Å². The first kappa shape index (κ1) is 31.6. The lowest BCUT2D eigenvalue weighted by Gasteiger charge is -2.36. The first-order valence-electron chi connectivity index (χ1n) is 14.5. The SMILES string of the molecule is C[C@@H](CCOCCCn1ncc(-c2nn(C3CCCCO3)c3ccc(O[Si](C)(C)C(C)(C)C)cc23)n1)CS(=O)(=O)O. The quantitative estimate of drug-likeness (QED) is 0.148. The maximum atomic E-state index is 11.0. The molecule has 1 saturated heterocycles. The zero-order valence-corrected chi connectivity index (χ0v) is 27.0. The van der Waals surface area contributed by atoms with Crippen LogP contribution in [0.3, 0.4) is 0 Å². The average Bonchev–Trinajstić information content (AvgIpc) is 3.49. The predicted octanol–water partition coefficient (Wildman–Crippen LogP) is 5.70. The van der Waals surface area contributed by atoms with Crippen molar-refractivity contribution in [3.05, 3.63) is 24.4 Å². The molecule has 228 valence electrons. The van der Waals surface area contributed by atoms with E-state index in [9.17, 15) is 8.42 Å². The molecule has 1 aromatic carbocycles. The summed E-state index contributed by atoms with van der Waals surface area (Å²) < 4.78 is 51.3. The van der Waals surface area contributed by atoms with E-state index in [1.165, 1.54) is 0 Å². The van der Waals surface area contributed by atoms with Gasteiger partial charge in [0.2, 0.25) is 8.32 Å². The number of aromatic nitrogens is 5. The Bertz CT molecular complexity index is 1410. The van der Waals surface area contributed by atoms with Crippen molar-refractivity contribution in [2.75, 3.05) is 25.6 Å². The van der Waals surface area contributed by atoms with Crippen LogP contribution in [0.2, 0.25) is 18.1 Å². The van der Waals surface area contributed by atoms with Gasteiger partial charge in [-0.2, -0.15) is 28.5 Å². The molecule has 13 heteroatoms. The summed E-state index contributed by atoms with van der Waals surface area (Å²) in [7, 11) is -5.98. The van der Waals surface area contributed by atoms with E-state index < -0.39 is 18.4 Å². The molecular weight excluding hydrogens is 562 g/mol. The van der Waals surface area contributed by atoms with Crippen molar-refractivity contribution in [1.29, 1.82) is 0 Å². The lowest BCUT2D eigenvalue weighted by Crippen LogP contribution is -2.43. The van der Waals surface area contributed by atoms with Crippen molar-refractivity contribution < 1.29 is 26.9 Å². The number of fused-ring (bicyclic) bond motifs is 1. The number of hydrogen-bond acceptors (Lipinski definition) is 8. The minimum absolute atomic E-state index is 0.0790. The van der Waals surface area contributed by atoms with Crippen molar-refractivity contribution in [2.24, 2.45) is 5.92 Å². The maximum Gasteiger partial charge on any atom is 0.265 e. The van der Waals surface area contributed by atoms with E-state index in [2.05, 4.69) is 51.1 Å². The van der Waals surface area contributed by atoms with Crippen LogP contribution in [0, 0.1) is 5.92 Å². The first-order valence-corrected chi connectivity index (χ1v) is 19.0. The summed E-state index contributed by atoms with van der Waals surface area (Å²) >= 11 is 0. The summed E-state index contributed by atoms with van der Waals surface area (Å²) in [5, 5.41) is 15.2. The molecule has 0 aliphatic carbocycles. The molecule has 4 rings (SSSR count). The topological polar surface area (TPSA) is 131 Å². The normalized spacial score (nSPS) is 17.7. The maximum absolute atomic E-state index is 11.0. The molecular formula is C28H45N5O6SSi. The molecule has 1 unspecified atom stereocenters. The Kier molecular flexibility index (Phi) is 9.95. The molecule has 0 saturated carbocycles. The highest BCUT2D eigenvalue weighted by molar-refractivity contribution is 7.85. The molecule has 3 aromatic rings. The van der Waals surface area contributed by atoms with E-state index in [1.54, 1.807) is 17.9 Å². The molecule has 0 spiro atoms. The molecule has 41 heavy (non-hydrogen) atoms. The standard InChI is InChI=1S/C28H45N5O6SSi/c1-21(20-40(34,35)36)13-17-37-15-9-14-32-29-19-24(30-32)27-23-18-22(39-41(5,6)28(2,3)4)11-12-25(23)33(31-27)26-10-7-8-16-38-26/h11-12,18-19,21,26H,7-10,13-17,20H2,1-6H3,(H,34,35,36)/t21-,26?/m0/s1. The van der Waals surface area contributed by atoms with Crippen molar-refractivity contribution >= 4 is 29.3 Å². The van der Waals surface area contributed by atoms with Gasteiger partial charge in [-0.05, 0) is 74.4 Å². The van der Waals surface area contributed by atoms with E-state index in [1.807, 2.05) is 10.7 Å². The molecule has 3 heterocycles. The fourth-order valence-corrected chi connectivity index (χ4v) is 6.52. The van der Waals surface area contributed by atoms with Gasteiger partial charge in [0.15, 0.2) is 6.23 Å². The van der Waals surface area contributed by atoms with Gasteiger partial charge in [0.1, 0.15) is 17.1 Å². The number of ether oxygens (including phenoxy) is 2. The molecule has 1 aliphatic heterocycles. The molecule has 0 bridgehead atoms. The minimum Gasteiger partial charge on any atom is -0.543 e. The van der Waals surface area contributed by atoms with Gasteiger partial charge in [-0.25, -0.2) is 4.68 Å². The van der Waals surface area contributed by atoms with Crippen LogP contribution in [0.1, 0.15) is 66.0 Å². The van der Waals surface area contributed by atoms with E-state index in [-0.39, 0.29) is 22.9 Å². The Morgan fingerprint density at radius 2 is 1.98 bits per heavy atom. The van der Waals surface area contributed by atoms with Crippen molar-refractivity contribution in [2.45, 2.75) is 90.7 Å². The van der Waals surface area contributed by atoms with Crippen LogP contribution >= 0.6 is 0 Å². The fraction of sp³-hybridized carbons (Fsp3) is 0.679. The second-order valence-electron chi connectivity index (χ2n) is 12.6. The van der Waals surface area contributed by atoms with E-state index in [0.717, 1.165) is 48.2 Å². The highest BCUT2D eigenvalue weighted by Crippen LogP contribution is 2.39. The summed E-state index contributed by atoms with van der Waals surface area (Å²) in [5.41, 5.74) is 2.43. The van der Waals surface area contributed by atoms with Crippen LogP contribution in [0.25, 0.3) is 22.3 Å². The molecule has 0 amide bonds. The van der Waals surface area contributed by atoms with Gasteiger partial charge in [-0.1, -0.05) is 27.7 Å². The number of hydrogen-bond donors (Lipinski definition) is 1. The lowest BCUT2D eigenvalue weighted by atomic mass is 10.1. The number of nitrogens with zero attached hydrogens (tertiary/aromatic N) is 5. The largest absolute Gasteiger partial charge is 0.543 e. The third-order valence-corrected chi connectivity index (χ3v) is 13.3. The molecule has 1 N–H and O–H groups in total. The fourth-order valence-electron chi connectivity index (χ4n) is 4.61. The Labute approximate surface area is 244 Å². The Morgan fingerprint density at radius 3 is 2.66 bits per heavy atom. The van der Waals surface area contributed by atoms with Gasteiger partial charge in [0.05, 0.1) is 24.0 Å². The zero-order valence-electron chi connectivity index (χ0n) is 25.2. The molecule has 11 nitrogen and oxygen atoms in total. The van der Waals surface area contributed by atoms with Gasteiger partial charge in [-0.15, -0.1) is 0 Å². The number of rotatable bonds is 13. The summed E-state index contributed by atoms with van der Waals surface area (Å²) in [6.07, 6.45) is 5.98. The lowest BCUT2D eigenvalue weighted by molar-refractivity contribution is -0.0365. The summed E-state index contributed by atoms with van der Waals surface area (Å²) in [4.78, 5) is 1.65. The molecule has 0 radical (unpaired) electrons. The van der Waals surface area contributed by atoms with E-state index in [4.69, 9.17) is 28.6 Å². The minimum atomic E-state index is -3.96. The molecule has 2 atom stereocenters. The highest BCUT2D eigenvalue weighted by atomic mass is 32.2. The van der Waals surface area contributed by atoms with Crippen molar-refractivity contribution in [3.8, 4) is 17.1 Å². The third kappa shape index (κ3) is 8.37. The average molecular weight is 608 g/mol. The van der Waals surface area contributed by atoms with Crippen molar-refractivity contribution in [1.82, 2.24) is 24.8 Å². The van der Waals surface area contributed by atoms with Crippen molar-refractivity contribution in [3.63, 3.8) is 0 Å². The van der Waals surface area contributed by atoms with Gasteiger partial charge in [-0.3, -0.25) is 4.55 Å². The monoisotopic (exact) mass is 607 g/mol. The van der Waals surface area contributed by atoms with Gasteiger partial charge in [0.25, 0.3) is 10.1 Å². The molecule has 1 fully saturated rings. The van der Waals surface area contributed by atoms with Crippen LogP contribution < -0.4 is 4.43 Å². The molecule has 2 aromatic heterocycles. The summed E-state index contributed by atoms with van der Waals surface area (Å²) in [6.45, 7) is 15.2. The van der Waals surface area contributed by atoms with Crippen LogP contribution in [0.4, 0.5) is 0 Å². The van der Waals surface area contributed by atoms with Crippen LogP contribution in [-0.2, 0) is 26.1 Å². The van der Waals surface area contributed by atoms with Gasteiger partial charge in [0, 0.05) is 25.2 Å². The zero-order chi connectivity index (χ0) is 29.8.